The Labute approximate surface area is 101 Å². The van der Waals surface area contributed by atoms with Crippen LogP contribution >= 0.6 is 0 Å². The molecule has 1 heterocycles. The lowest BCUT2D eigenvalue weighted by atomic mass is 10.1. The zero-order valence-electron chi connectivity index (χ0n) is 10.0. The van der Waals surface area contributed by atoms with Crippen LogP contribution in [0.1, 0.15) is 18.9 Å². The Bertz CT molecular complexity index is 384. The van der Waals surface area contributed by atoms with Crippen molar-refractivity contribution in [1.82, 2.24) is 4.90 Å². The predicted octanol–water partition coefficient (Wildman–Crippen LogP) is 2.14. The van der Waals surface area contributed by atoms with E-state index >= 15 is 0 Å². The zero-order valence-corrected chi connectivity index (χ0v) is 10.0. The fourth-order valence-electron chi connectivity index (χ4n) is 2.08. The van der Waals surface area contributed by atoms with Gasteiger partial charge in [-0.2, -0.15) is 0 Å². The summed E-state index contributed by atoms with van der Waals surface area (Å²) in [6.45, 7) is 5.31. The van der Waals surface area contributed by atoms with Crippen molar-refractivity contribution in [2.75, 3.05) is 19.7 Å². The summed E-state index contributed by atoms with van der Waals surface area (Å²) >= 11 is 0. The molecule has 1 unspecified atom stereocenters. The van der Waals surface area contributed by atoms with Crippen molar-refractivity contribution in [3.63, 3.8) is 0 Å². The third-order valence-electron chi connectivity index (χ3n) is 3.10. The molecule has 94 valence electrons. The zero-order chi connectivity index (χ0) is 12.3. The van der Waals surface area contributed by atoms with Crippen LogP contribution in [0, 0.1) is 5.82 Å². The molecule has 1 aromatic carbocycles. The largest absolute Gasteiger partial charge is 0.505 e. The van der Waals surface area contributed by atoms with Crippen LogP contribution in [0.3, 0.4) is 0 Å². The van der Waals surface area contributed by atoms with Crippen LogP contribution in [0.4, 0.5) is 4.39 Å². The maximum absolute atomic E-state index is 13.2. The molecule has 17 heavy (non-hydrogen) atoms. The number of halogens is 1. The van der Waals surface area contributed by atoms with Gasteiger partial charge >= 0.3 is 0 Å². The van der Waals surface area contributed by atoms with Crippen LogP contribution in [0.25, 0.3) is 0 Å². The number of benzene rings is 1. The highest BCUT2D eigenvalue weighted by atomic mass is 19.1. The highest BCUT2D eigenvalue weighted by Gasteiger charge is 2.19. The highest BCUT2D eigenvalue weighted by Crippen LogP contribution is 2.18. The number of phenolic OH excluding ortho intramolecular Hbond substituents is 1. The Kier molecular flexibility index (Phi) is 3.97. The fourth-order valence-corrected chi connectivity index (χ4v) is 2.08. The van der Waals surface area contributed by atoms with Gasteiger partial charge in [-0.1, -0.05) is 13.0 Å². The summed E-state index contributed by atoms with van der Waals surface area (Å²) in [7, 11) is 0. The first kappa shape index (κ1) is 12.3. The van der Waals surface area contributed by atoms with Crippen molar-refractivity contribution in [2.24, 2.45) is 0 Å². The van der Waals surface area contributed by atoms with Crippen LogP contribution in [0.5, 0.6) is 5.75 Å². The summed E-state index contributed by atoms with van der Waals surface area (Å²) in [5.74, 6) is -0.843. The molecular formula is C13H18FNO2. The molecule has 0 aliphatic carbocycles. The Morgan fingerprint density at radius 2 is 2.35 bits per heavy atom. The fraction of sp³-hybridized carbons (Fsp3) is 0.538. The molecular weight excluding hydrogens is 221 g/mol. The van der Waals surface area contributed by atoms with Gasteiger partial charge in [0.05, 0.1) is 12.7 Å². The van der Waals surface area contributed by atoms with E-state index in [1.165, 1.54) is 12.1 Å². The first-order chi connectivity index (χ1) is 8.19. The highest BCUT2D eigenvalue weighted by molar-refractivity contribution is 5.27. The molecule has 1 fully saturated rings. The number of morpholine rings is 1. The van der Waals surface area contributed by atoms with Crippen LogP contribution in [-0.2, 0) is 11.3 Å². The molecule has 1 aromatic rings. The summed E-state index contributed by atoms with van der Waals surface area (Å²) in [6.07, 6.45) is 1.28. The number of hydrogen-bond donors (Lipinski definition) is 1. The van der Waals surface area contributed by atoms with E-state index in [9.17, 15) is 4.39 Å². The van der Waals surface area contributed by atoms with E-state index in [4.69, 9.17) is 9.84 Å². The average Bonchev–Trinajstić information content (AvgIpc) is 2.34. The first-order valence-electron chi connectivity index (χ1n) is 6.00. The van der Waals surface area contributed by atoms with Crippen LogP contribution in [-0.4, -0.2) is 35.8 Å². The Balaban J connectivity index is 1.97. The smallest absolute Gasteiger partial charge is 0.165 e. The number of hydrogen-bond acceptors (Lipinski definition) is 3. The summed E-state index contributed by atoms with van der Waals surface area (Å²) in [4.78, 5) is 2.25. The normalized spacial score (nSPS) is 21.6. The van der Waals surface area contributed by atoms with Gasteiger partial charge in [0.15, 0.2) is 11.6 Å². The topological polar surface area (TPSA) is 32.7 Å². The van der Waals surface area contributed by atoms with Crippen molar-refractivity contribution >= 4 is 0 Å². The molecule has 1 aliphatic rings. The summed E-state index contributed by atoms with van der Waals surface area (Å²) < 4.78 is 18.8. The van der Waals surface area contributed by atoms with Crippen molar-refractivity contribution in [1.29, 1.82) is 0 Å². The lowest BCUT2D eigenvalue weighted by Gasteiger charge is -2.32. The van der Waals surface area contributed by atoms with E-state index in [0.29, 0.717) is 6.54 Å². The number of aromatic hydroxyl groups is 1. The van der Waals surface area contributed by atoms with E-state index in [1.54, 1.807) is 6.07 Å². The Hall–Kier alpha value is -1.13. The Morgan fingerprint density at radius 1 is 1.53 bits per heavy atom. The molecule has 0 saturated carbocycles. The standard InChI is InChI=1S/C13H18FNO2/c1-2-11-9-15(5-6-17-11)8-10-3-4-13(16)12(14)7-10/h3-4,7,11,16H,2,5-6,8-9H2,1H3. The van der Waals surface area contributed by atoms with Crippen LogP contribution < -0.4 is 0 Å². The number of rotatable bonds is 3. The van der Waals surface area contributed by atoms with Crippen molar-refractivity contribution < 1.29 is 14.2 Å². The molecule has 1 N–H and O–H groups in total. The van der Waals surface area contributed by atoms with Gasteiger partial charge in [0.25, 0.3) is 0 Å². The maximum Gasteiger partial charge on any atom is 0.165 e. The monoisotopic (exact) mass is 239 g/mol. The van der Waals surface area contributed by atoms with E-state index in [-0.39, 0.29) is 11.9 Å². The Morgan fingerprint density at radius 3 is 3.06 bits per heavy atom. The van der Waals surface area contributed by atoms with E-state index in [0.717, 1.165) is 31.7 Å². The maximum atomic E-state index is 13.2. The molecule has 0 aromatic heterocycles. The summed E-state index contributed by atoms with van der Waals surface area (Å²) in [5.41, 5.74) is 0.886. The van der Waals surface area contributed by atoms with Crippen LogP contribution in [0.15, 0.2) is 18.2 Å². The van der Waals surface area contributed by atoms with Crippen molar-refractivity contribution in [3.05, 3.63) is 29.6 Å². The van der Waals surface area contributed by atoms with Gasteiger partial charge in [0, 0.05) is 19.6 Å². The minimum Gasteiger partial charge on any atom is -0.505 e. The average molecular weight is 239 g/mol. The molecule has 2 rings (SSSR count). The third kappa shape index (κ3) is 3.17. The van der Waals surface area contributed by atoms with Gasteiger partial charge in [-0.25, -0.2) is 4.39 Å². The van der Waals surface area contributed by atoms with E-state index < -0.39 is 5.82 Å². The molecule has 1 aliphatic heterocycles. The van der Waals surface area contributed by atoms with E-state index in [1.807, 2.05) is 0 Å². The van der Waals surface area contributed by atoms with Gasteiger partial charge in [0.1, 0.15) is 0 Å². The second kappa shape index (κ2) is 5.47. The molecule has 0 bridgehead atoms. The SMILES string of the molecule is CCC1CN(Cc2ccc(O)c(F)c2)CCO1. The second-order valence-corrected chi connectivity index (χ2v) is 4.42. The first-order valence-corrected chi connectivity index (χ1v) is 6.00. The van der Waals surface area contributed by atoms with Crippen LogP contribution in [0.2, 0.25) is 0 Å². The molecule has 0 spiro atoms. The van der Waals surface area contributed by atoms with Gasteiger partial charge < -0.3 is 9.84 Å². The summed E-state index contributed by atoms with van der Waals surface area (Å²) in [5, 5.41) is 9.12. The quantitative estimate of drug-likeness (QED) is 0.877. The lowest BCUT2D eigenvalue weighted by molar-refractivity contribution is -0.0324. The minimum atomic E-state index is -0.553. The molecule has 0 radical (unpaired) electrons. The number of ether oxygens (including phenoxy) is 1. The van der Waals surface area contributed by atoms with Gasteiger partial charge in [-0.15, -0.1) is 0 Å². The van der Waals surface area contributed by atoms with E-state index in [2.05, 4.69) is 11.8 Å². The van der Waals surface area contributed by atoms with Gasteiger partial charge in [-0.05, 0) is 24.1 Å². The van der Waals surface area contributed by atoms with Gasteiger partial charge in [0.2, 0.25) is 0 Å². The third-order valence-corrected chi connectivity index (χ3v) is 3.10. The molecule has 3 nitrogen and oxygen atoms in total. The number of phenols is 1. The summed E-state index contributed by atoms with van der Waals surface area (Å²) in [6, 6.07) is 4.56. The predicted molar refractivity (Wildman–Crippen MR) is 63.4 cm³/mol. The molecule has 1 atom stereocenters. The molecule has 1 saturated heterocycles. The second-order valence-electron chi connectivity index (χ2n) is 4.42. The van der Waals surface area contributed by atoms with Gasteiger partial charge in [-0.3, -0.25) is 4.90 Å². The molecule has 4 heteroatoms. The van der Waals surface area contributed by atoms with Crippen molar-refractivity contribution in [2.45, 2.75) is 26.0 Å². The molecule has 0 amide bonds. The minimum absolute atomic E-state index is 0.283. The van der Waals surface area contributed by atoms with Crippen molar-refractivity contribution in [3.8, 4) is 5.75 Å². The number of nitrogens with zero attached hydrogens (tertiary/aromatic N) is 1. The lowest BCUT2D eigenvalue weighted by Crippen LogP contribution is -2.41.